The summed E-state index contributed by atoms with van der Waals surface area (Å²) in [5.41, 5.74) is 0. The van der Waals surface area contributed by atoms with Crippen molar-refractivity contribution < 1.29 is 4.79 Å². The number of rotatable bonds is 3. The van der Waals surface area contributed by atoms with Gasteiger partial charge in [-0.3, -0.25) is 4.79 Å². The fraction of sp³-hybridized carbons (Fsp3) is 0.750. The minimum Gasteiger partial charge on any atom is -0.337 e. The van der Waals surface area contributed by atoms with E-state index >= 15 is 0 Å². The molecule has 1 fully saturated rings. The number of nitrogen functional groups attached to an aromatic ring is 1. The minimum atomic E-state index is 0.158. The molecule has 19 heavy (non-hydrogen) atoms. The van der Waals surface area contributed by atoms with Crippen LogP contribution >= 0.6 is 11.8 Å². The van der Waals surface area contributed by atoms with Gasteiger partial charge in [0, 0.05) is 12.1 Å². The SMILES string of the molecule is Cc1nnc(SCC(=O)N2[C@H](C)CCC[C@@H]2C)n1N. The summed E-state index contributed by atoms with van der Waals surface area (Å²) >= 11 is 1.35. The van der Waals surface area contributed by atoms with Gasteiger partial charge in [0.25, 0.3) is 0 Å². The maximum atomic E-state index is 12.3. The summed E-state index contributed by atoms with van der Waals surface area (Å²) in [4.78, 5) is 14.3. The molecule has 2 heterocycles. The van der Waals surface area contributed by atoms with Crippen LogP contribution in [0.4, 0.5) is 0 Å². The lowest BCUT2D eigenvalue weighted by atomic mass is 9.98. The van der Waals surface area contributed by atoms with Gasteiger partial charge in [-0.05, 0) is 40.0 Å². The summed E-state index contributed by atoms with van der Waals surface area (Å²) in [6, 6.07) is 0.656. The van der Waals surface area contributed by atoms with E-state index in [2.05, 4.69) is 24.0 Å². The second-order valence-electron chi connectivity index (χ2n) is 5.12. The number of carbonyl (C=O) groups is 1. The van der Waals surface area contributed by atoms with Crippen LogP contribution in [0.1, 0.15) is 38.9 Å². The lowest BCUT2D eigenvalue weighted by Gasteiger charge is -2.39. The number of hydrogen-bond acceptors (Lipinski definition) is 5. The Labute approximate surface area is 117 Å². The molecule has 1 aromatic heterocycles. The van der Waals surface area contributed by atoms with Crippen LogP contribution in [0.15, 0.2) is 5.16 Å². The van der Waals surface area contributed by atoms with Crippen molar-refractivity contribution in [1.29, 1.82) is 0 Å². The minimum absolute atomic E-state index is 0.158. The van der Waals surface area contributed by atoms with Gasteiger partial charge in [0.15, 0.2) is 0 Å². The Morgan fingerprint density at radius 3 is 2.53 bits per heavy atom. The summed E-state index contributed by atoms with van der Waals surface area (Å²) < 4.78 is 1.42. The summed E-state index contributed by atoms with van der Waals surface area (Å²) in [6.07, 6.45) is 3.38. The molecule has 2 rings (SSSR count). The average Bonchev–Trinajstić information content (AvgIpc) is 2.67. The molecular formula is C12H21N5OS. The van der Waals surface area contributed by atoms with Gasteiger partial charge in [-0.15, -0.1) is 10.2 Å². The Morgan fingerprint density at radius 2 is 2.00 bits per heavy atom. The molecule has 2 N–H and O–H groups in total. The molecule has 0 unspecified atom stereocenters. The quantitative estimate of drug-likeness (QED) is 0.666. The first kappa shape index (κ1) is 14.2. The Bertz CT molecular complexity index is 451. The first-order chi connectivity index (χ1) is 9.00. The molecule has 1 aliphatic heterocycles. The van der Waals surface area contributed by atoms with Crippen molar-refractivity contribution in [1.82, 2.24) is 19.8 Å². The van der Waals surface area contributed by atoms with E-state index in [1.54, 1.807) is 6.92 Å². The number of amides is 1. The van der Waals surface area contributed by atoms with Gasteiger partial charge < -0.3 is 10.7 Å². The Hall–Kier alpha value is -1.24. The molecule has 0 radical (unpaired) electrons. The summed E-state index contributed by atoms with van der Waals surface area (Å²) in [5.74, 6) is 6.94. The molecule has 0 bridgehead atoms. The fourth-order valence-corrected chi connectivity index (χ4v) is 3.33. The third-order valence-corrected chi connectivity index (χ3v) is 4.57. The first-order valence-corrected chi connectivity index (χ1v) is 7.60. The number of nitrogens with zero attached hydrogens (tertiary/aromatic N) is 4. The molecule has 1 amide bonds. The van der Waals surface area contributed by atoms with Gasteiger partial charge in [-0.25, -0.2) is 4.68 Å². The maximum Gasteiger partial charge on any atom is 0.233 e. The zero-order valence-electron chi connectivity index (χ0n) is 11.7. The Kier molecular flexibility index (Phi) is 4.34. The molecule has 1 aliphatic rings. The predicted molar refractivity (Wildman–Crippen MR) is 75.3 cm³/mol. The zero-order chi connectivity index (χ0) is 14.0. The van der Waals surface area contributed by atoms with E-state index < -0.39 is 0 Å². The van der Waals surface area contributed by atoms with Crippen molar-refractivity contribution >= 4 is 17.7 Å². The molecule has 6 nitrogen and oxygen atoms in total. The number of piperidine rings is 1. The third kappa shape index (κ3) is 3.02. The van der Waals surface area contributed by atoms with Crippen LogP contribution in [0.25, 0.3) is 0 Å². The van der Waals surface area contributed by atoms with Gasteiger partial charge in [-0.1, -0.05) is 11.8 Å². The van der Waals surface area contributed by atoms with Crippen molar-refractivity contribution in [3.05, 3.63) is 5.82 Å². The fourth-order valence-electron chi connectivity index (χ4n) is 2.56. The zero-order valence-corrected chi connectivity index (χ0v) is 12.5. The van der Waals surface area contributed by atoms with Crippen LogP contribution < -0.4 is 5.84 Å². The van der Waals surface area contributed by atoms with Gasteiger partial charge in [-0.2, -0.15) is 0 Å². The van der Waals surface area contributed by atoms with Crippen LogP contribution in [0.5, 0.6) is 0 Å². The summed E-state index contributed by atoms with van der Waals surface area (Å²) in [6.45, 7) is 6.02. The second kappa shape index (κ2) is 5.81. The smallest absolute Gasteiger partial charge is 0.233 e. The van der Waals surface area contributed by atoms with Crippen LogP contribution in [-0.2, 0) is 4.79 Å². The number of hydrogen-bond donors (Lipinski definition) is 1. The molecule has 0 aliphatic carbocycles. The maximum absolute atomic E-state index is 12.3. The van der Waals surface area contributed by atoms with Gasteiger partial charge in [0.05, 0.1) is 5.75 Å². The van der Waals surface area contributed by atoms with E-state index in [-0.39, 0.29) is 5.91 Å². The van der Waals surface area contributed by atoms with E-state index in [0.29, 0.717) is 28.8 Å². The molecule has 106 valence electrons. The van der Waals surface area contributed by atoms with Crippen LogP contribution in [0.3, 0.4) is 0 Å². The number of thioether (sulfide) groups is 1. The number of aryl methyl sites for hydroxylation is 1. The highest BCUT2D eigenvalue weighted by atomic mass is 32.2. The van der Waals surface area contributed by atoms with Crippen molar-refractivity contribution in [3.63, 3.8) is 0 Å². The van der Waals surface area contributed by atoms with Gasteiger partial charge in [0.1, 0.15) is 5.82 Å². The lowest BCUT2D eigenvalue weighted by Crippen LogP contribution is -2.48. The van der Waals surface area contributed by atoms with Crippen LogP contribution in [0.2, 0.25) is 0 Å². The van der Waals surface area contributed by atoms with Crippen molar-refractivity contribution in [2.75, 3.05) is 11.6 Å². The number of aromatic nitrogens is 3. The van der Waals surface area contributed by atoms with Crippen molar-refractivity contribution in [3.8, 4) is 0 Å². The molecule has 7 heteroatoms. The normalized spacial score (nSPS) is 23.6. The van der Waals surface area contributed by atoms with E-state index in [4.69, 9.17) is 5.84 Å². The molecular weight excluding hydrogens is 262 g/mol. The molecule has 0 spiro atoms. The molecule has 1 saturated heterocycles. The third-order valence-electron chi connectivity index (χ3n) is 3.64. The Balaban J connectivity index is 1.95. The standard InChI is InChI=1S/C12H21N5OS/c1-8-5-4-6-9(2)16(8)11(18)7-19-12-15-14-10(3)17(12)13/h8-9H,4-7,13H2,1-3H3/t8-,9+. The monoisotopic (exact) mass is 283 g/mol. The van der Waals surface area contributed by atoms with Gasteiger partial charge >= 0.3 is 0 Å². The molecule has 0 saturated carbocycles. The average molecular weight is 283 g/mol. The van der Waals surface area contributed by atoms with E-state index in [1.165, 1.54) is 22.9 Å². The number of likely N-dealkylation sites (tertiary alicyclic amines) is 1. The lowest BCUT2D eigenvalue weighted by molar-refractivity contribution is -0.134. The topological polar surface area (TPSA) is 77.0 Å². The number of carbonyl (C=O) groups excluding carboxylic acids is 1. The first-order valence-electron chi connectivity index (χ1n) is 6.61. The molecule has 2 atom stereocenters. The summed E-state index contributed by atoms with van der Waals surface area (Å²) in [5, 5.41) is 8.42. The Morgan fingerprint density at radius 1 is 1.37 bits per heavy atom. The van der Waals surface area contributed by atoms with Crippen molar-refractivity contribution in [2.45, 2.75) is 57.3 Å². The molecule has 0 aromatic carbocycles. The molecule has 1 aromatic rings. The van der Waals surface area contributed by atoms with E-state index in [9.17, 15) is 4.79 Å². The highest BCUT2D eigenvalue weighted by molar-refractivity contribution is 7.99. The summed E-state index contributed by atoms with van der Waals surface area (Å²) in [7, 11) is 0. The van der Waals surface area contributed by atoms with Gasteiger partial charge in [0.2, 0.25) is 11.1 Å². The largest absolute Gasteiger partial charge is 0.337 e. The van der Waals surface area contributed by atoms with Crippen molar-refractivity contribution in [2.24, 2.45) is 0 Å². The number of nitrogens with two attached hydrogens (primary N) is 1. The highest BCUT2D eigenvalue weighted by Crippen LogP contribution is 2.24. The van der Waals surface area contributed by atoms with E-state index in [0.717, 1.165) is 12.8 Å². The van der Waals surface area contributed by atoms with Crippen LogP contribution in [0, 0.1) is 6.92 Å². The predicted octanol–water partition coefficient (Wildman–Crippen LogP) is 1.18. The highest BCUT2D eigenvalue weighted by Gasteiger charge is 2.28. The van der Waals surface area contributed by atoms with E-state index in [1.807, 2.05) is 4.90 Å². The van der Waals surface area contributed by atoms with Crippen LogP contribution in [-0.4, -0.2) is 43.5 Å². The second-order valence-corrected chi connectivity index (χ2v) is 6.06.